The molecule has 0 radical (unpaired) electrons. The Bertz CT molecular complexity index is 760. The number of hydrogen-bond acceptors (Lipinski definition) is 3. The Hall–Kier alpha value is -3.02. The monoisotopic (exact) mass is 369 g/mol. The maximum atomic E-state index is 12.1. The second-order valence-corrected chi connectivity index (χ2v) is 6.32. The van der Waals surface area contributed by atoms with Crippen molar-refractivity contribution in [3.63, 3.8) is 0 Å². The van der Waals surface area contributed by atoms with Crippen LogP contribution in [0.5, 0.6) is 0 Å². The van der Waals surface area contributed by atoms with Crippen molar-refractivity contribution in [1.29, 1.82) is 0 Å². The number of aryl methyl sites for hydroxylation is 2. The van der Waals surface area contributed by atoms with Crippen LogP contribution in [0, 0.1) is 6.92 Å². The van der Waals surface area contributed by atoms with Gasteiger partial charge in [-0.25, -0.2) is 9.59 Å². The average Bonchev–Trinajstić information content (AvgIpc) is 2.67. The van der Waals surface area contributed by atoms with E-state index in [2.05, 4.69) is 17.6 Å². The molecule has 0 spiro atoms. The third kappa shape index (κ3) is 6.66. The molecule has 0 aliphatic heterocycles. The van der Waals surface area contributed by atoms with Gasteiger partial charge in [-0.15, -0.1) is 0 Å². The standard InChI is InChI=1S/C21H27N3O3/c1-4-17-9-11-19(12-10-17)23-21(26)27-14-13-24(3)20(25)22-15-18-8-6-5-7-16(18)2/h5-12H,4,13-15H2,1-3H3,(H,22,25)(H,23,26). The Labute approximate surface area is 160 Å². The van der Waals surface area contributed by atoms with Crippen molar-refractivity contribution < 1.29 is 14.3 Å². The van der Waals surface area contributed by atoms with Crippen LogP contribution in [0.25, 0.3) is 0 Å². The summed E-state index contributed by atoms with van der Waals surface area (Å²) < 4.78 is 5.13. The molecule has 6 nitrogen and oxygen atoms in total. The van der Waals surface area contributed by atoms with Gasteiger partial charge in [-0.1, -0.05) is 43.3 Å². The van der Waals surface area contributed by atoms with Gasteiger partial charge in [0, 0.05) is 19.3 Å². The molecule has 2 aromatic carbocycles. The fourth-order valence-corrected chi connectivity index (χ4v) is 2.47. The molecule has 0 aromatic heterocycles. The van der Waals surface area contributed by atoms with Crippen molar-refractivity contribution in [2.45, 2.75) is 26.8 Å². The molecule has 2 rings (SSSR count). The molecular formula is C21H27N3O3. The molecule has 144 valence electrons. The lowest BCUT2D eigenvalue weighted by Crippen LogP contribution is -2.39. The summed E-state index contributed by atoms with van der Waals surface area (Å²) in [5, 5.41) is 5.53. The first-order valence-corrected chi connectivity index (χ1v) is 9.05. The lowest BCUT2D eigenvalue weighted by atomic mass is 10.1. The highest BCUT2D eigenvalue weighted by atomic mass is 16.5. The molecular weight excluding hydrogens is 342 g/mol. The van der Waals surface area contributed by atoms with Crippen molar-refractivity contribution in [3.8, 4) is 0 Å². The lowest BCUT2D eigenvalue weighted by Gasteiger charge is -2.18. The zero-order valence-electron chi connectivity index (χ0n) is 16.1. The maximum Gasteiger partial charge on any atom is 0.411 e. The van der Waals surface area contributed by atoms with Crippen molar-refractivity contribution in [2.24, 2.45) is 0 Å². The van der Waals surface area contributed by atoms with Crippen LogP contribution in [-0.4, -0.2) is 37.2 Å². The van der Waals surface area contributed by atoms with Crippen LogP contribution in [0.2, 0.25) is 0 Å². The van der Waals surface area contributed by atoms with Crippen LogP contribution in [0.1, 0.15) is 23.6 Å². The van der Waals surface area contributed by atoms with E-state index in [9.17, 15) is 9.59 Å². The first-order chi connectivity index (χ1) is 13.0. The Morgan fingerprint density at radius 2 is 1.78 bits per heavy atom. The average molecular weight is 369 g/mol. The number of carbonyl (C=O) groups excluding carboxylic acids is 2. The number of likely N-dealkylation sites (N-methyl/N-ethyl adjacent to an activating group) is 1. The van der Waals surface area contributed by atoms with Crippen molar-refractivity contribution >= 4 is 17.8 Å². The van der Waals surface area contributed by atoms with Crippen LogP contribution in [-0.2, 0) is 17.7 Å². The van der Waals surface area contributed by atoms with E-state index in [4.69, 9.17) is 4.74 Å². The van der Waals surface area contributed by atoms with Gasteiger partial charge in [0.25, 0.3) is 0 Å². The lowest BCUT2D eigenvalue weighted by molar-refractivity contribution is 0.146. The SMILES string of the molecule is CCc1ccc(NC(=O)OCCN(C)C(=O)NCc2ccccc2C)cc1. The van der Waals surface area contributed by atoms with Gasteiger partial charge in [-0.05, 0) is 42.2 Å². The van der Waals surface area contributed by atoms with Crippen LogP contribution in [0.4, 0.5) is 15.3 Å². The quantitative estimate of drug-likeness (QED) is 0.776. The van der Waals surface area contributed by atoms with Crippen LogP contribution >= 0.6 is 0 Å². The summed E-state index contributed by atoms with van der Waals surface area (Å²) in [7, 11) is 1.66. The number of ether oxygens (including phenoxy) is 1. The van der Waals surface area contributed by atoms with Crippen molar-refractivity contribution in [3.05, 3.63) is 65.2 Å². The molecule has 0 bridgehead atoms. The van der Waals surface area contributed by atoms with E-state index in [-0.39, 0.29) is 12.6 Å². The molecule has 2 aromatic rings. The summed E-state index contributed by atoms with van der Waals surface area (Å²) in [6, 6.07) is 15.3. The second kappa shape index (κ2) is 10.2. The van der Waals surface area contributed by atoms with Gasteiger partial charge >= 0.3 is 12.1 Å². The van der Waals surface area contributed by atoms with E-state index in [0.717, 1.165) is 17.5 Å². The molecule has 0 saturated carbocycles. The number of urea groups is 1. The first-order valence-electron chi connectivity index (χ1n) is 9.05. The molecule has 3 amide bonds. The highest BCUT2D eigenvalue weighted by molar-refractivity contribution is 5.84. The molecule has 0 fully saturated rings. The largest absolute Gasteiger partial charge is 0.447 e. The minimum atomic E-state index is -0.534. The Kier molecular flexibility index (Phi) is 7.67. The summed E-state index contributed by atoms with van der Waals surface area (Å²) in [4.78, 5) is 25.4. The second-order valence-electron chi connectivity index (χ2n) is 6.32. The fraction of sp³-hybridized carbons (Fsp3) is 0.333. The summed E-state index contributed by atoms with van der Waals surface area (Å²) in [6.07, 6.45) is 0.413. The van der Waals surface area contributed by atoms with E-state index in [1.807, 2.05) is 55.5 Å². The molecule has 0 aliphatic rings. The predicted molar refractivity (Wildman–Crippen MR) is 107 cm³/mol. The number of nitrogens with zero attached hydrogens (tertiary/aromatic N) is 1. The van der Waals surface area contributed by atoms with Gasteiger partial charge in [0.1, 0.15) is 6.61 Å². The van der Waals surface area contributed by atoms with E-state index < -0.39 is 6.09 Å². The predicted octanol–water partition coefficient (Wildman–Crippen LogP) is 3.95. The van der Waals surface area contributed by atoms with Gasteiger partial charge in [-0.3, -0.25) is 5.32 Å². The van der Waals surface area contributed by atoms with Crippen molar-refractivity contribution in [2.75, 3.05) is 25.5 Å². The molecule has 0 atom stereocenters. The highest BCUT2D eigenvalue weighted by Crippen LogP contribution is 2.10. The van der Waals surface area contributed by atoms with E-state index in [1.54, 1.807) is 7.05 Å². The molecule has 0 heterocycles. The van der Waals surface area contributed by atoms with Gasteiger partial charge in [-0.2, -0.15) is 0 Å². The van der Waals surface area contributed by atoms with Crippen LogP contribution < -0.4 is 10.6 Å². The summed E-state index contributed by atoms with van der Waals surface area (Å²) in [5.41, 5.74) is 4.09. The molecule has 2 N–H and O–H groups in total. The highest BCUT2D eigenvalue weighted by Gasteiger charge is 2.10. The van der Waals surface area contributed by atoms with Crippen molar-refractivity contribution in [1.82, 2.24) is 10.2 Å². The Balaban J connectivity index is 1.68. The minimum absolute atomic E-state index is 0.118. The Morgan fingerprint density at radius 1 is 1.07 bits per heavy atom. The molecule has 0 saturated heterocycles. The number of amides is 3. The normalized spacial score (nSPS) is 10.2. The van der Waals surface area contributed by atoms with Gasteiger partial charge in [0.05, 0.1) is 6.54 Å². The summed E-state index contributed by atoms with van der Waals surface area (Å²) >= 11 is 0. The van der Waals surface area contributed by atoms with E-state index >= 15 is 0 Å². The third-order valence-electron chi connectivity index (χ3n) is 4.31. The van der Waals surface area contributed by atoms with Gasteiger partial charge < -0.3 is 15.0 Å². The zero-order valence-corrected chi connectivity index (χ0v) is 16.1. The summed E-state index contributed by atoms with van der Waals surface area (Å²) in [6.45, 7) is 4.97. The molecule has 0 aliphatic carbocycles. The number of rotatable bonds is 7. The van der Waals surface area contributed by atoms with E-state index in [1.165, 1.54) is 10.5 Å². The molecule has 6 heteroatoms. The smallest absolute Gasteiger partial charge is 0.411 e. The topological polar surface area (TPSA) is 70.7 Å². The molecule has 27 heavy (non-hydrogen) atoms. The minimum Gasteiger partial charge on any atom is -0.447 e. The Morgan fingerprint density at radius 3 is 2.44 bits per heavy atom. The number of nitrogens with one attached hydrogen (secondary N) is 2. The van der Waals surface area contributed by atoms with E-state index in [0.29, 0.717) is 18.8 Å². The number of benzene rings is 2. The van der Waals surface area contributed by atoms with Crippen LogP contribution in [0.3, 0.4) is 0 Å². The fourth-order valence-electron chi connectivity index (χ4n) is 2.47. The van der Waals surface area contributed by atoms with Gasteiger partial charge in [0.15, 0.2) is 0 Å². The van der Waals surface area contributed by atoms with Crippen LogP contribution in [0.15, 0.2) is 48.5 Å². The first kappa shape index (κ1) is 20.3. The third-order valence-corrected chi connectivity index (χ3v) is 4.31. The van der Waals surface area contributed by atoms with Gasteiger partial charge in [0.2, 0.25) is 0 Å². The molecule has 0 unspecified atom stereocenters. The zero-order chi connectivity index (χ0) is 19.6. The summed E-state index contributed by atoms with van der Waals surface area (Å²) in [5.74, 6) is 0. The number of hydrogen-bond donors (Lipinski definition) is 2. The number of carbonyl (C=O) groups is 2. The maximum absolute atomic E-state index is 12.1. The number of anilines is 1.